The molecule has 3 nitrogen and oxygen atoms in total. The van der Waals surface area contributed by atoms with E-state index in [1.54, 1.807) is 0 Å². The highest BCUT2D eigenvalue weighted by Crippen LogP contribution is 2.41. The number of hydrogen-bond acceptors (Lipinski definition) is 2. The molecule has 2 aliphatic rings. The van der Waals surface area contributed by atoms with Crippen molar-refractivity contribution in [1.82, 2.24) is 5.32 Å². The third-order valence-corrected chi connectivity index (χ3v) is 4.21. The fraction of sp³-hybridized carbons (Fsp3) is 0.533. The van der Waals surface area contributed by atoms with E-state index in [9.17, 15) is 4.79 Å². The smallest absolute Gasteiger partial charge is 0.237 e. The zero-order chi connectivity index (χ0) is 12.8. The molecule has 1 fully saturated rings. The first-order valence-electron chi connectivity index (χ1n) is 6.75. The fourth-order valence-electron chi connectivity index (χ4n) is 3.11. The second-order valence-corrected chi connectivity index (χ2v) is 5.85. The van der Waals surface area contributed by atoms with Crippen LogP contribution in [0.15, 0.2) is 24.3 Å². The molecule has 0 bridgehead atoms. The van der Waals surface area contributed by atoms with Crippen LogP contribution in [0.5, 0.6) is 0 Å². The largest absolute Gasteiger partial charge is 0.312 e. The summed E-state index contributed by atoms with van der Waals surface area (Å²) in [6.07, 6.45) is 2.39. The molecular weight excluding hydrogens is 224 g/mol. The average Bonchev–Trinajstić information content (AvgIpc) is 2.93. The van der Waals surface area contributed by atoms with Crippen LogP contribution in [0, 0.1) is 0 Å². The van der Waals surface area contributed by atoms with E-state index in [4.69, 9.17) is 0 Å². The average molecular weight is 244 g/mol. The van der Waals surface area contributed by atoms with Gasteiger partial charge in [-0.25, -0.2) is 0 Å². The number of nitrogens with zero attached hydrogens (tertiary/aromatic N) is 1. The van der Waals surface area contributed by atoms with Crippen molar-refractivity contribution in [1.29, 1.82) is 0 Å². The molecule has 3 heteroatoms. The Hall–Kier alpha value is -1.35. The zero-order valence-corrected chi connectivity index (χ0v) is 11.1. The van der Waals surface area contributed by atoms with Gasteiger partial charge in [-0.15, -0.1) is 0 Å². The van der Waals surface area contributed by atoms with Gasteiger partial charge in [0, 0.05) is 18.3 Å². The first-order chi connectivity index (χ1) is 8.60. The van der Waals surface area contributed by atoms with E-state index in [1.165, 1.54) is 12.8 Å². The second kappa shape index (κ2) is 4.09. The van der Waals surface area contributed by atoms with Gasteiger partial charge >= 0.3 is 0 Å². The van der Waals surface area contributed by atoms with E-state index in [-0.39, 0.29) is 11.3 Å². The number of carbonyl (C=O) groups is 1. The lowest BCUT2D eigenvalue weighted by Gasteiger charge is -2.23. The van der Waals surface area contributed by atoms with Gasteiger partial charge in [0.15, 0.2) is 0 Å². The van der Waals surface area contributed by atoms with Crippen molar-refractivity contribution in [2.24, 2.45) is 0 Å². The molecule has 2 heterocycles. The van der Waals surface area contributed by atoms with Crippen LogP contribution in [-0.4, -0.2) is 25.0 Å². The van der Waals surface area contributed by atoms with Gasteiger partial charge in [0.1, 0.15) is 0 Å². The van der Waals surface area contributed by atoms with Gasteiger partial charge in [-0.05, 0) is 44.9 Å². The number of fused-ring (bicyclic) bond motifs is 1. The van der Waals surface area contributed by atoms with E-state index < -0.39 is 0 Å². The molecule has 0 spiro atoms. The summed E-state index contributed by atoms with van der Waals surface area (Å²) in [6, 6.07) is 8.64. The number of anilines is 1. The Labute approximate surface area is 108 Å². The maximum Gasteiger partial charge on any atom is 0.237 e. The van der Waals surface area contributed by atoms with Crippen molar-refractivity contribution < 1.29 is 4.79 Å². The number of benzene rings is 1. The molecule has 0 radical (unpaired) electrons. The highest BCUT2D eigenvalue weighted by atomic mass is 16.2. The third kappa shape index (κ3) is 1.65. The highest BCUT2D eigenvalue weighted by Gasteiger charge is 2.44. The van der Waals surface area contributed by atoms with Gasteiger partial charge in [0.25, 0.3) is 0 Å². The molecular formula is C15H20N2O. The molecule has 1 aromatic rings. The summed E-state index contributed by atoms with van der Waals surface area (Å²) in [5.74, 6) is 0.234. The Morgan fingerprint density at radius 3 is 2.89 bits per heavy atom. The van der Waals surface area contributed by atoms with E-state index in [0.717, 1.165) is 24.3 Å². The predicted octanol–water partition coefficient (Wildman–Crippen LogP) is 2.06. The van der Waals surface area contributed by atoms with E-state index in [2.05, 4.69) is 17.4 Å². The Kier molecular flexibility index (Phi) is 2.67. The summed E-state index contributed by atoms with van der Waals surface area (Å²) in [6.45, 7) is 5.93. The summed E-state index contributed by atoms with van der Waals surface area (Å²) in [7, 11) is 0. The Morgan fingerprint density at radius 1 is 1.39 bits per heavy atom. The Morgan fingerprint density at radius 2 is 2.17 bits per heavy atom. The quantitative estimate of drug-likeness (QED) is 0.863. The molecule has 96 valence electrons. The van der Waals surface area contributed by atoms with Crippen LogP contribution in [0.4, 0.5) is 5.69 Å². The molecule has 1 saturated heterocycles. The summed E-state index contributed by atoms with van der Waals surface area (Å²) < 4.78 is 0. The third-order valence-electron chi connectivity index (χ3n) is 4.21. The Balaban J connectivity index is 1.93. The lowest BCUT2D eigenvalue weighted by molar-refractivity contribution is -0.122. The first kappa shape index (κ1) is 11.7. The predicted molar refractivity (Wildman–Crippen MR) is 72.8 cm³/mol. The molecule has 1 amide bonds. The summed E-state index contributed by atoms with van der Waals surface area (Å²) >= 11 is 0. The van der Waals surface area contributed by atoms with Gasteiger partial charge in [0.05, 0.1) is 5.41 Å². The van der Waals surface area contributed by atoms with Crippen molar-refractivity contribution in [3.05, 3.63) is 29.8 Å². The molecule has 1 aromatic carbocycles. The molecule has 0 aromatic heterocycles. The molecule has 2 aliphatic heterocycles. The highest BCUT2D eigenvalue weighted by molar-refractivity contribution is 6.07. The van der Waals surface area contributed by atoms with Crippen molar-refractivity contribution in [3.63, 3.8) is 0 Å². The van der Waals surface area contributed by atoms with Crippen LogP contribution < -0.4 is 10.2 Å². The molecule has 18 heavy (non-hydrogen) atoms. The van der Waals surface area contributed by atoms with Gasteiger partial charge < -0.3 is 10.2 Å². The van der Waals surface area contributed by atoms with E-state index >= 15 is 0 Å². The normalized spacial score (nSPS) is 25.6. The van der Waals surface area contributed by atoms with Crippen molar-refractivity contribution in [2.75, 3.05) is 18.0 Å². The summed E-state index contributed by atoms with van der Waals surface area (Å²) in [5.41, 5.74) is 1.88. The minimum absolute atomic E-state index is 0.234. The van der Waals surface area contributed by atoms with Crippen molar-refractivity contribution in [2.45, 2.75) is 38.1 Å². The lowest BCUT2D eigenvalue weighted by atomic mass is 9.86. The Bertz CT molecular complexity index is 475. The lowest BCUT2D eigenvalue weighted by Crippen LogP contribution is -2.43. The number of amides is 1. The first-order valence-corrected chi connectivity index (χ1v) is 6.75. The van der Waals surface area contributed by atoms with Gasteiger partial charge in [-0.3, -0.25) is 4.79 Å². The van der Waals surface area contributed by atoms with Gasteiger partial charge in [-0.2, -0.15) is 0 Å². The summed E-state index contributed by atoms with van der Waals surface area (Å²) in [5, 5.41) is 3.47. The zero-order valence-electron chi connectivity index (χ0n) is 11.1. The molecule has 1 unspecified atom stereocenters. The topological polar surface area (TPSA) is 32.3 Å². The standard InChI is InChI=1S/C15H20N2O/c1-15(2)12-7-3-4-8-13(12)17(14(15)18)10-11-6-5-9-16-11/h3-4,7-8,11,16H,5-6,9-10H2,1-2H3. The van der Waals surface area contributed by atoms with E-state index in [1.807, 2.05) is 30.9 Å². The van der Waals surface area contributed by atoms with Gasteiger partial charge in [-0.1, -0.05) is 18.2 Å². The monoisotopic (exact) mass is 244 g/mol. The second-order valence-electron chi connectivity index (χ2n) is 5.85. The van der Waals surface area contributed by atoms with E-state index in [0.29, 0.717) is 6.04 Å². The maximum atomic E-state index is 12.6. The number of hydrogen-bond donors (Lipinski definition) is 1. The van der Waals surface area contributed by atoms with Gasteiger partial charge in [0.2, 0.25) is 5.91 Å². The van der Waals surface area contributed by atoms with Crippen LogP contribution in [-0.2, 0) is 10.2 Å². The number of carbonyl (C=O) groups excluding carboxylic acids is 1. The molecule has 1 atom stereocenters. The molecule has 1 N–H and O–H groups in total. The maximum absolute atomic E-state index is 12.6. The molecule has 3 rings (SSSR count). The number of nitrogens with one attached hydrogen (secondary N) is 1. The van der Waals surface area contributed by atoms with Crippen LogP contribution in [0.2, 0.25) is 0 Å². The number of rotatable bonds is 2. The van der Waals surface area contributed by atoms with Crippen LogP contribution >= 0.6 is 0 Å². The van der Waals surface area contributed by atoms with Crippen molar-refractivity contribution in [3.8, 4) is 0 Å². The minimum Gasteiger partial charge on any atom is -0.312 e. The van der Waals surface area contributed by atoms with Crippen molar-refractivity contribution >= 4 is 11.6 Å². The molecule has 0 saturated carbocycles. The minimum atomic E-state index is -0.380. The number of para-hydroxylation sites is 1. The van der Waals surface area contributed by atoms with Crippen LogP contribution in [0.25, 0.3) is 0 Å². The van der Waals surface area contributed by atoms with Crippen LogP contribution in [0.3, 0.4) is 0 Å². The van der Waals surface area contributed by atoms with Crippen LogP contribution in [0.1, 0.15) is 32.3 Å². The summed E-state index contributed by atoms with van der Waals surface area (Å²) in [4.78, 5) is 14.5. The SMILES string of the molecule is CC1(C)C(=O)N(CC2CCCN2)c2ccccc21. The molecule has 0 aliphatic carbocycles. The fourth-order valence-corrected chi connectivity index (χ4v) is 3.11.